The molecule has 1 aliphatic rings. The highest BCUT2D eigenvalue weighted by atomic mass is 16.2. The van der Waals surface area contributed by atoms with Crippen molar-refractivity contribution in [2.24, 2.45) is 5.41 Å². The molecule has 0 atom stereocenters. The fourth-order valence-corrected chi connectivity index (χ4v) is 3.50. The third-order valence-electron chi connectivity index (χ3n) is 6.19. The molecule has 8 heteroatoms. The second kappa shape index (κ2) is 8.32. The summed E-state index contributed by atoms with van der Waals surface area (Å²) in [6, 6.07) is 3.54. The Balaban J connectivity index is 2.67. The lowest BCUT2D eigenvalue weighted by molar-refractivity contribution is -0.148. The number of nitrogens with one attached hydrogen (secondary N) is 4. The van der Waals surface area contributed by atoms with Crippen molar-refractivity contribution in [3.63, 3.8) is 0 Å². The van der Waals surface area contributed by atoms with Gasteiger partial charge in [0.25, 0.3) is 0 Å². The third-order valence-corrected chi connectivity index (χ3v) is 6.19. The second-order valence-corrected chi connectivity index (χ2v) is 9.34. The minimum absolute atomic E-state index is 0.217. The SMILES string of the molecule is CCC1(CC)C(=O)NC(C)(C)C(=O)Nc2cc(C)c(C)cc2NC(=O)C(C)(C)NC1=O. The third kappa shape index (κ3) is 4.57. The van der Waals surface area contributed by atoms with Gasteiger partial charge in [-0.05, 0) is 77.6 Å². The number of carbonyl (C=O) groups is 4. The predicted molar refractivity (Wildman–Crippen MR) is 121 cm³/mol. The number of fused-ring (bicyclic) bond motifs is 1. The van der Waals surface area contributed by atoms with E-state index in [0.29, 0.717) is 11.4 Å². The number of benzene rings is 1. The van der Waals surface area contributed by atoms with Crippen LogP contribution in [0.5, 0.6) is 0 Å². The number of aryl methyl sites for hydroxylation is 2. The van der Waals surface area contributed by atoms with Crippen LogP contribution in [-0.4, -0.2) is 34.7 Å². The van der Waals surface area contributed by atoms with Gasteiger partial charge in [-0.2, -0.15) is 0 Å². The maximum atomic E-state index is 13.3. The van der Waals surface area contributed by atoms with Gasteiger partial charge >= 0.3 is 0 Å². The van der Waals surface area contributed by atoms with Crippen molar-refractivity contribution in [1.29, 1.82) is 0 Å². The number of hydrogen-bond acceptors (Lipinski definition) is 4. The van der Waals surface area contributed by atoms with E-state index in [9.17, 15) is 19.2 Å². The highest BCUT2D eigenvalue weighted by molar-refractivity contribution is 6.11. The Morgan fingerprint density at radius 1 is 0.645 bits per heavy atom. The summed E-state index contributed by atoms with van der Waals surface area (Å²) in [4.78, 5) is 52.7. The summed E-state index contributed by atoms with van der Waals surface area (Å²) in [6.45, 7) is 13.6. The molecule has 170 valence electrons. The van der Waals surface area contributed by atoms with Crippen molar-refractivity contribution >= 4 is 35.0 Å². The van der Waals surface area contributed by atoms with Crippen molar-refractivity contribution in [3.8, 4) is 0 Å². The highest BCUT2D eigenvalue weighted by Gasteiger charge is 2.48. The summed E-state index contributed by atoms with van der Waals surface area (Å²) < 4.78 is 0. The Labute approximate surface area is 183 Å². The van der Waals surface area contributed by atoms with Gasteiger partial charge in [-0.15, -0.1) is 0 Å². The molecule has 1 aromatic carbocycles. The zero-order valence-electron chi connectivity index (χ0n) is 19.7. The first kappa shape index (κ1) is 24.4. The number of hydrogen-bond donors (Lipinski definition) is 4. The van der Waals surface area contributed by atoms with Gasteiger partial charge in [0, 0.05) is 0 Å². The van der Waals surface area contributed by atoms with Gasteiger partial charge in [-0.1, -0.05) is 13.8 Å². The largest absolute Gasteiger partial charge is 0.341 e. The Bertz CT molecular complexity index is 859. The van der Waals surface area contributed by atoms with E-state index in [-0.39, 0.29) is 12.8 Å². The highest BCUT2D eigenvalue weighted by Crippen LogP contribution is 2.32. The van der Waals surface area contributed by atoms with Crippen LogP contribution >= 0.6 is 0 Å². The molecule has 1 aliphatic heterocycles. The summed E-state index contributed by atoms with van der Waals surface area (Å²) in [5.41, 5.74) is -1.30. The van der Waals surface area contributed by atoms with Gasteiger partial charge < -0.3 is 21.3 Å². The number of anilines is 2. The van der Waals surface area contributed by atoms with E-state index in [1.807, 2.05) is 13.8 Å². The molecule has 1 aromatic rings. The molecule has 4 amide bonds. The van der Waals surface area contributed by atoms with Crippen molar-refractivity contribution in [3.05, 3.63) is 23.3 Å². The maximum Gasteiger partial charge on any atom is 0.249 e. The monoisotopic (exact) mass is 430 g/mol. The molecule has 0 saturated heterocycles. The molecule has 1 heterocycles. The molecule has 0 fully saturated rings. The normalized spacial score (nSPS) is 20.6. The van der Waals surface area contributed by atoms with Crippen LogP contribution in [-0.2, 0) is 19.2 Å². The average molecular weight is 431 g/mol. The molecular weight excluding hydrogens is 396 g/mol. The molecule has 0 saturated carbocycles. The zero-order valence-corrected chi connectivity index (χ0v) is 19.7. The van der Waals surface area contributed by atoms with Gasteiger partial charge in [0.1, 0.15) is 16.5 Å². The number of carbonyl (C=O) groups excluding carboxylic acids is 4. The Morgan fingerprint density at radius 3 is 1.26 bits per heavy atom. The quantitative estimate of drug-likeness (QED) is 0.540. The molecule has 0 radical (unpaired) electrons. The van der Waals surface area contributed by atoms with Crippen LogP contribution in [0, 0.1) is 19.3 Å². The van der Waals surface area contributed by atoms with Crippen LogP contribution in [0.2, 0.25) is 0 Å². The van der Waals surface area contributed by atoms with E-state index >= 15 is 0 Å². The van der Waals surface area contributed by atoms with E-state index in [1.54, 1.807) is 53.7 Å². The number of amides is 4. The van der Waals surface area contributed by atoms with Gasteiger partial charge in [-0.3, -0.25) is 19.2 Å². The molecule has 0 aromatic heterocycles. The van der Waals surface area contributed by atoms with Gasteiger partial charge in [0.05, 0.1) is 11.4 Å². The van der Waals surface area contributed by atoms with E-state index in [2.05, 4.69) is 21.3 Å². The van der Waals surface area contributed by atoms with Gasteiger partial charge in [-0.25, -0.2) is 0 Å². The second-order valence-electron chi connectivity index (χ2n) is 9.34. The van der Waals surface area contributed by atoms with Crippen LogP contribution in [0.1, 0.15) is 65.5 Å². The lowest BCUT2D eigenvalue weighted by Gasteiger charge is -2.35. The summed E-state index contributed by atoms with van der Waals surface area (Å²) >= 11 is 0. The molecule has 0 aliphatic carbocycles. The molecule has 31 heavy (non-hydrogen) atoms. The van der Waals surface area contributed by atoms with E-state index in [0.717, 1.165) is 11.1 Å². The molecule has 0 bridgehead atoms. The Morgan fingerprint density at radius 2 is 0.968 bits per heavy atom. The summed E-state index contributed by atoms with van der Waals surface area (Å²) in [5.74, 6) is -2.02. The Kier molecular flexibility index (Phi) is 6.54. The standard InChI is InChI=1S/C23H34N4O4/c1-9-23(10-2)19(30)26-21(5,6)17(28)24-15-11-13(3)14(4)12-16(15)25-18(29)22(7,8)27-20(23)31/h11-12H,9-10H2,1-8H3,(H,24,28)(H,25,29)(H,26,30)(H,27,31). The first-order valence-corrected chi connectivity index (χ1v) is 10.6. The van der Waals surface area contributed by atoms with Crippen molar-refractivity contribution in [2.75, 3.05) is 10.6 Å². The fraction of sp³-hybridized carbons (Fsp3) is 0.565. The van der Waals surface area contributed by atoms with Crippen molar-refractivity contribution < 1.29 is 19.2 Å². The molecule has 4 N–H and O–H groups in total. The lowest BCUT2D eigenvalue weighted by Crippen LogP contribution is -2.62. The summed E-state index contributed by atoms with van der Waals surface area (Å²) in [5, 5.41) is 11.1. The summed E-state index contributed by atoms with van der Waals surface area (Å²) in [7, 11) is 0. The van der Waals surface area contributed by atoms with Crippen LogP contribution < -0.4 is 21.3 Å². The first-order chi connectivity index (χ1) is 14.2. The minimum atomic E-state index is -1.41. The van der Waals surface area contributed by atoms with Crippen LogP contribution in [0.3, 0.4) is 0 Å². The lowest BCUT2D eigenvalue weighted by atomic mass is 9.78. The first-order valence-electron chi connectivity index (χ1n) is 10.6. The molecule has 0 unspecified atom stereocenters. The van der Waals surface area contributed by atoms with Crippen molar-refractivity contribution in [2.45, 2.75) is 79.3 Å². The van der Waals surface area contributed by atoms with Crippen LogP contribution in [0.15, 0.2) is 12.1 Å². The summed E-state index contributed by atoms with van der Waals surface area (Å²) in [6.07, 6.45) is 0.435. The zero-order chi connectivity index (χ0) is 23.8. The van der Waals surface area contributed by atoms with Crippen LogP contribution in [0.4, 0.5) is 11.4 Å². The van der Waals surface area contributed by atoms with Gasteiger partial charge in [0.2, 0.25) is 23.6 Å². The number of rotatable bonds is 2. The van der Waals surface area contributed by atoms with E-state index in [4.69, 9.17) is 0 Å². The van der Waals surface area contributed by atoms with Crippen molar-refractivity contribution in [1.82, 2.24) is 10.6 Å². The molecule has 2 rings (SSSR count). The van der Waals surface area contributed by atoms with E-state index < -0.39 is 40.1 Å². The van der Waals surface area contributed by atoms with Crippen LogP contribution in [0.25, 0.3) is 0 Å². The molecule has 0 spiro atoms. The molecule has 8 nitrogen and oxygen atoms in total. The van der Waals surface area contributed by atoms with E-state index in [1.165, 1.54) is 0 Å². The topological polar surface area (TPSA) is 116 Å². The fourth-order valence-electron chi connectivity index (χ4n) is 3.50. The predicted octanol–water partition coefficient (Wildman–Crippen LogP) is 2.79. The maximum absolute atomic E-state index is 13.3. The smallest absolute Gasteiger partial charge is 0.249 e. The molecular formula is C23H34N4O4. The van der Waals surface area contributed by atoms with Gasteiger partial charge in [0.15, 0.2) is 0 Å². The minimum Gasteiger partial charge on any atom is -0.341 e. The average Bonchev–Trinajstić information content (AvgIpc) is 2.65. The Hall–Kier alpha value is -2.90.